The summed E-state index contributed by atoms with van der Waals surface area (Å²) in [4.78, 5) is 54.4. The second-order valence-electron chi connectivity index (χ2n) is 16.3. The highest BCUT2D eigenvalue weighted by molar-refractivity contribution is 7.91. The van der Waals surface area contributed by atoms with Gasteiger partial charge in [0.05, 0.1) is 17.9 Å². The molecule has 2 aromatic carbocycles. The first-order chi connectivity index (χ1) is 26.8. The molecule has 7 rings (SSSR count). The Morgan fingerprint density at radius 1 is 1.11 bits per heavy atom. The Hall–Kier alpha value is -5.29. The Bertz CT molecular complexity index is 2390. The second kappa shape index (κ2) is 14.6. The highest BCUT2D eigenvalue weighted by Gasteiger charge is 2.67. The zero-order valence-corrected chi connectivity index (χ0v) is 34.1. The molecule has 3 aliphatic rings. The van der Waals surface area contributed by atoms with Crippen molar-refractivity contribution in [3.05, 3.63) is 61.2 Å². The highest BCUT2D eigenvalue weighted by Crippen LogP contribution is 2.53. The van der Waals surface area contributed by atoms with E-state index in [9.17, 15) is 22.8 Å². The van der Waals surface area contributed by atoms with Crippen LogP contribution in [0.4, 0.5) is 0 Å². The molecule has 1 saturated heterocycles. The van der Waals surface area contributed by atoms with Gasteiger partial charge in [-0.1, -0.05) is 39.0 Å². The van der Waals surface area contributed by atoms with Gasteiger partial charge in [-0.15, -0.1) is 6.58 Å². The molecule has 2 aromatic heterocycles. The molecule has 17 heteroatoms. The minimum absolute atomic E-state index is 0.00779. The van der Waals surface area contributed by atoms with Crippen LogP contribution in [0.2, 0.25) is 0 Å². The van der Waals surface area contributed by atoms with Gasteiger partial charge in [0.25, 0.3) is 11.8 Å². The van der Waals surface area contributed by atoms with Crippen LogP contribution in [0.15, 0.2) is 65.6 Å². The number of amides is 3. The second-order valence-corrected chi connectivity index (χ2v) is 18.7. The molecule has 5 atom stereocenters. The van der Waals surface area contributed by atoms with Gasteiger partial charge < -0.3 is 35.2 Å². The van der Waals surface area contributed by atoms with Crippen LogP contribution in [0.5, 0.6) is 11.6 Å². The van der Waals surface area contributed by atoms with E-state index in [2.05, 4.69) is 11.3 Å². The molecule has 1 aliphatic heterocycles. The molecular formula is C40H47N7O8S2. The van der Waals surface area contributed by atoms with Crippen molar-refractivity contribution in [2.75, 3.05) is 6.54 Å². The third kappa shape index (κ3) is 7.49. The lowest BCUT2D eigenvalue weighted by molar-refractivity contribution is -0.146. The van der Waals surface area contributed by atoms with Crippen LogP contribution in [-0.2, 0) is 24.4 Å². The Labute approximate surface area is 336 Å². The fourth-order valence-corrected chi connectivity index (χ4v) is 9.37. The summed E-state index contributed by atoms with van der Waals surface area (Å²) in [5, 5.41) is -0.225. The molecule has 2 saturated carbocycles. The molecule has 0 radical (unpaired) electrons. The minimum Gasteiger partial charge on any atom is -0.491 e. The van der Waals surface area contributed by atoms with Crippen molar-refractivity contribution in [2.24, 2.45) is 22.8 Å². The van der Waals surface area contributed by atoms with Crippen molar-refractivity contribution >= 4 is 67.1 Å². The van der Waals surface area contributed by atoms with Gasteiger partial charge in [-0.25, -0.2) is 13.4 Å². The number of para-hydroxylation sites is 1. The highest BCUT2D eigenvalue weighted by atomic mass is 32.2. The monoisotopic (exact) mass is 817 g/mol. The predicted molar refractivity (Wildman–Crippen MR) is 217 cm³/mol. The Morgan fingerprint density at radius 3 is 2.37 bits per heavy atom. The molecule has 0 bridgehead atoms. The average molecular weight is 818 g/mol. The van der Waals surface area contributed by atoms with E-state index < -0.39 is 68.1 Å². The van der Waals surface area contributed by atoms with Crippen LogP contribution in [0.3, 0.4) is 0 Å². The predicted octanol–water partition coefficient (Wildman–Crippen LogP) is 4.18. The SMILES string of the molecule is C=C[C@@H]1C[C@]1(C(=O)NS(=O)(=O)C1CC1)N(C(N)=S)[C@H](C(=O)N1CC(Oc2nc(-c3ccc(OC(C)C)cc3)nc3c2oc2ccccc23)CC1C(N)=O)C(C)(C)C. The molecular weight excluding hydrogens is 771 g/mol. The molecule has 2 aliphatic carbocycles. The summed E-state index contributed by atoms with van der Waals surface area (Å²) < 4.78 is 46.7. The zero-order valence-electron chi connectivity index (χ0n) is 32.4. The number of nitrogens with zero attached hydrogens (tertiary/aromatic N) is 4. The number of primary amides is 1. The normalized spacial score (nSPS) is 22.6. The Kier molecular flexibility index (Phi) is 10.2. The summed E-state index contributed by atoms with van der Waals surface area (Å²) >= 11 is 5.53. The van der Waals surface area contributed by atoms with E-state index in [1.165, 1.54) is 15.9 Å². The lowest BCUT2D eigenvalue weighted by atomic mass is 9.83. The number of rotatable bonds is 13. The molecule has 15 nitrogen and oxygen atoms in total. The first-order valence-electron chi connectivity index (χ1n) is 18.9. The number of benzene rings is 2. The van der Waals surface area contributed by atoms with E-state index >= 15 is 0 Å². The van der Waals surface area contributed by atoms with Crippen LogP contribution in [0.1, 0.15) is 60.3 Å². The molecule has 3 fully saturated rings. The van der Waals surface area contributed by atoms with Crippen LogP contribution >= 0.6 is 12.2 Å². The number of hydrogen-bond acceptors (Lipinski definition) is 11. The standard InChI is InChI=1S/C40H47N7O8S2/c1-7-23-19-40(23,37(50)45-57(51,52)26-16-17-26)47(38(42)56)32(39(4,5)6)36(49)46-20-25(18-28(46)33(41)48)54-35-31-30(27-10-8-9-11-29(27)55-31)43-34(44-35)22-12-14-24(15-13-22)53-21(2)3/h7-15,21,23,25-26,28,32H,1,16-20H2,2-6H3,(H2,41,48)(H2,42,56)(H,45,50)/t23-,25?,28?,32-,40+/m1/s1. The largest absolute Gasteiger partial charge is 0.491 e. The van der Waals surface area contributed by atoms with Gasteiger partial charge in [-0.2, -0.15) is 4.98 Å². The molecule has 0 spiro atoms. The molecule has 57 heavy (non-hydrogen) atoms. The van der Waals surface area contributed by atoms with Crippen LogP contribution in [0, 0.1) is 11.3 Å². The van der Waals surface area contributed by atoms with Crippen LogP contribution in [-0.4, -0.2) is 92.6 Å². The zero-order chi connectivity index (χ0) is 41.2. The van der Waals surface area contributed by atoms with E-state index in [4.69, 9.17) is 47.5 Å². The first-order valence-corrected chi connectivity index (χ1v) is 20.8. The number of furan rings is 1. The lowest BCUT2D eigenvalue weighted by Gasteiger charge is -2.45. The molecule has 2 unspecified atom stereocenters. The quantitative estimate of drug-likeness (QED) is 0.128. The van der Waals surface area contributed by atoms with E-state index in [-0.39, 0.29) is 42.1 Å². The van der Waals surface area contributed by atoms with Crippen molar-refractivity contribution in [3.8, 4) is 23.0 Å². The van der Waals surface area contributed by atoms with Crippen LogP contribution < -0.4 is 25.7 Å². The van der Waals surface area contributed by atoms with E-state index in [0.717, 1.165) is 5.39 Å². The molecule has 3 heterocycles. The van der Waals surface area contributed by atoms with Crippen molar-refractivity contribution in [3.63, 3.8) is 0 Å². The maximum atomic E-state index is 15.0. The lowest BCUT2D eigenvalue weighted by Crippen LogP contribution is -2.66. The van der Waals surface area contributed by atoms with Crippen molar-refractivity contribution < 1.29 is 36.7 Å². The molecule has 3 amide bonds. The van der Waals surface area contributed by atoms with Gasteiger partial charge in [0, 0.05) is 23.3 Å². The summed E-state index contributed by atoms with van der Waals surface area (Å²) in [6, 6.07) is 12.4. The first kappa shape index (κ1) is 39.9. The van der Waals surface area contributed by atoms with Gasteiger partial charge >= 0.3 is 0 Å². The number of ether oxygens (including phenoxy) is 2. The van der Waals surface area contributed by atoms with Crippen LogP contribution in [0.25, 0.3) is 33.5 Å². The van der Waals surface area contributed by atoms with Crippen molar-refractivity contribution in [1.29, 1.82) is 0 Å². The minimum atomic E-state index is -3.97. The van der Waals surface area contributed by atoms with E-state index in [0.29, 0.717) is 41.1 Å². The number of nitrogens with one attached hydrogen (secondary N) is 1. The number of aromatic nitrogens is 2. The number of sulfonamides is 1. The number of carbonyl (C=O) groups is 3. The third-order valence-electron chi connectivity index (χ3n) is 10.7. The van der Waals surface area contributed by atoms with E-state index in [1.54, 1.807) is 20.8 Å². The number of nitrogens with two attached hydrogens (primary N) is 2. The summed E-state index contributed by atoms with van der Waals surface area (Å²) in [5.74, 6) is -1.66. The maximum absolute atomic E-state index is 15.0. The molecule has 302 valence electrons. The smallest absolute Gasteiger partial charge is 0.262 e. The topological polar surface area (TPSA) is 213 Å². The summed E-state index contributed by atoms with van der Waals surface area (Å²) in [7, 11) is -3.97. The van der Waals surface area contributed by atoms with Gasteiger partial charge in [-0.3, -0.25) is 19.1 Å². The fraction of sp³-hybridized carbons (Fsp3) is 0.450. The number of fused-ring (bicyclic) bond motifs is 3. The number of thiocarbonyl (C=S) groups is 1. The summed E-state index contributed by atoms with van der Waals surface area (Å²) in [6.07, 6.45) is 1.71. The molecule has 4 aromatic rings. The van der Waals surface area contributed by atoms with Crippen molar-refractivity contribution in [1.82, 2.24) is 24.5 Å². The van der Waals surface area contributed by atoms with Gasteiger partial charge in [0.15, 0.2) is 10.9 Å². The number of likely N-dealkylation sites (tertiary alicyclic amines) is 1. The van der Waals surface area contributed by atoms with Gasteiger partial charge in [0.1, 0.15) is 40.6 Å². The van der Waals surface area contributed by atoms with E-state index in [1.807, 2.05) is 62.4 Å². The Morgan fingerprint density at radius 2 is 1.79 bits per heavy atom. The number of carbonyl (C=O) groups excluding carboxylic acids is 3. The number of hydrogen-bond donors (Lipinski definition) is 3. The van der Waals surface area contributed by atoms with Crippen molar-refractivity contribution in [2.45, 2.75) is 95.4 Å². The summed E-state index contributed by atoms with van der Waals surface area (Å²) in [6.45, 7) is 12.9. The average Bonchev–Trinajstić information content (AvgIpc) is 4.05. The third-order valence-corrected chi connectivity index (χ3v) is 12.7. The fourth-order valence-electron chi connectivity index (χ4n) is 7.74. The molecule has 5 N–H and O–H groups in total. The summed E-state index contributed by atoms with van der Waals surface area (Å²) in [5.41, 5.74) is 11.8. The van der Waals surface area contributed by atoms with Gasteiger partial charge in [0.2, 0.25) is 27.4 Å². The Balaban J connectivity index is 1.23. The van der Waals surface area contributed by atoms with Gasteiger partial charge in [-0.05, 0) is 87.1 Å². The maximum Gasteiger partial charge on any atom is 0.262 e.